The van der Waals surface area contributed by atoms with Crippen LogP contribution in [0.3, 0.4) is 0 Å². The summed E-state index contributed by atoms with van der Waals surface area (Å²) in [5.74, 6) is 0. The zero-order chi connectivity index (χ0) is 13.0. The molecule has 0 bridgehead atoms. The van der Waals surface area contributed by atoms with E-state index in [-0.39, 0.29) is 0 Å². The first-order valence-electron chi connectivity index (χ1n) is 6.80. The number of rotatable bonds is 5. The molecule has 1 saturated carbocycles. The van der Waals surface area contributed by atoms with Crippen molar-refractivity contribution < 1.29 is 0 Å². The first-order chi connectivity index (χ1) is 8.63. The van der Waals surface area contributed by atoms with Crippen molar-refractivity contribution in [1.82, 2.24) is 15.3 Å². The normalized spacial score (nSPS) is 26.4. The van der Waals surface area contributed by atoms with Gasteiger partial charge in [-0.3, -0.25) is 0 Å². The van der Waals surface area contributed by atoms with Crippen LogP contribution in [0.1, 0.15) is 40.0 Å². The fourth-order valence-corrected chi connectivity index (χ4v) is 4.01. The second-order valence-corrected chi connectivity index (χ2v) is 6.85. The Balaban J connectivity index is 2.03. The third kappa shape index (κ3) is 3.23. The van der Waals surface area contributed by atoms with Gasteiger partial charge in [-0.15, -0.1) is 0 Å². The highest BCUT2D eigenvalue weighted by atomic mass is 32.2. The van der Waals surface area contributed by atoms with E-state index in [2.05, 4.69) is 36.1 Å². The van der Waals surface area contributed by atoms with E-state index >= 15 is 0 Å². The Morgan fingerprint density at radius 3 is 2.78 bits per heavy atom. The highest BCUT2D eigenvalue weighted by molar-refractivity contribution is 7.99. The molecule has 1 aromatic rings. The smallest absolute Gasteiger partial charge is 0.187 e. The molecule has 4 heteroatoms. The van der Waals surface area contributed by atoms with Gasteiger partial charge in [0.15, 0.2) is 5.16 Å². The summed E-state index contributed by atoms with van der Waals surface area (Å²) in [5, 5.41) is 5.21. The first kappa shape index (κ1) is 13.8. The Hall–Kier alpha value is -0.610. The molecule has 1 aromatic heterocycles. The Morgan fingerprint density at radius 2 is 2.11 bits per heavy atom. The molecule has 1 aliphatic rings. The minimum Gasteiger partial charge on any atom is -0.312 e. The molecule has 1 N–H and O–H groups in total. The number of hydrogen-bond donors (Lipinski definition) is 1. The highest BCUT2D eigenvalue weighted by Gasteiger charge is 2.42. The summed E-state index contributed by atoms with van der Waals surface area (Å²) in [5.41, 5.74) is 0.377. The second-order valence-electron chi connectivity index (χ2n) is 5.65. The third-order valence-electron chi connectivity index (χ3n) is 3.70. The summed E-state index contributed by atoms with van der Waals surface area (Å²) in [6, 6.07) is 2.43. The molecular weight excluding hydrogens is 242 g/mol. The third-order valence-corrected chi connectivity index (χ3v) is 4.93. The number of nitrogens with zero attached hydrogens (tertiary/aromatic N) is 2. The highest BCUT2D eigenvalue weighted by Crippen LogP contribution is 2.44. The molecule has 0 radical (unpaired) electrons. The lowest BCUT2D eigenvalue weighted by molar-refractivity contribution is 0.287. The van der Waals surface area contributed by atoms with Gasteiger partial charge in [-0.05, 0) is 37.3 Å². The van der Waals surface area contributed by atoms with E-state index in [0.29, 0.717) is 16.7 Å². The van der Waals surface area contributed by atoms with Crippen LogP contribution >= 0.6 is 11.8 Å². The fraction of sp³-hybridized carbons (Fsp3) is 0.714. The van der Waals surface area contributed by atoms with Crippen LogP contribution in [-0.4, -0.2) is 27.8 Å². The van der Waals surface area contributed by atoms with Crippen molar-refractivity contribution >= 4 is 11.8 Å². The molecule has 0 amide bonds. The van der Waals surface area contributed by atoms with Crippen LogP contribution in [0.4, 0.5) is 0 Å². The van der Waals surface area contributed by atoms with E-state index in [0.717, 1.165) is 11.7 Å². The van der Waals surface area contributed by atoms with Crippen LogP contribution in [0.5, 0.6) is 0 Å². The molecule has 1 heterocycles. The summed E-state index contributed by atoms with van der Waals surface area (Å²) in [4.78, 5) is 8.66. The molecule has 0 spiro atoms. The van der Waals surface area contributed by atoms with Crippen LogP contribution in [-0.2, 0) is 0 Å². The lowest BCUT2D eigenvalue weighted by Crippen LogP contribution is -2.43. The molecule has 18 heavy (non-hydrogen) atoms. The van der Waals surface area contributed by atoms with Crippen molar-refractivity contribution in [2.24, 2.45) is 5.41 Å². The van der Waals surface area contributed by atoms with E-state index < -0.39 is 0 Å². The molecule has 2 unspecified atom stereocenters. The number of hydrogen-bond acceptors (Lipinski definition) is 4. The molecule has 1 aliphatic carbocycles. The maximum atomic E-state index is 4.33. The van der Waals surface area contributed by atoms with E-state index in [1.165, 1.54) is 19.3 Å². The average molecular weight is 265 g/mol. The van der Waals surface area contributed by atoms with Crippen molar-refractivity contribution in [3.05, 3.63) is 18.5 Å². The molecule has 0 aromatic carbocycles. The molecule has 2 rings (SSSR count). The van der Waals surface area contributed by atoms with Crippen LogP contribution in [0.15, 0.2) is 23.6 Å². The molecule has 0 saturated heterocycles. The van der Waals surface area contributed by atoms with Gasteiger partial charge in [-0.2, -0.15) is 0 Å². The topological polar surface area (TPSA) is 37.8 Å². The van der Waals surface area contributed by atoms with Gasteiger partial charge in [-0.1, -0.05) is 32.5 Å². The zero-order valence-electron chi connectivity index (χ0n) is 11.5. The fourth-order valence-electron chi connectivity index (χ4n) is 2.66. The van der Waals surface area contributed by atoms with E-state index in [9.17, 15) is 0 Å². The van der Waals surface area contributed by atoms with E-state index in [1.807, 2.05) is 30.2 Å². The molecule has 1 fully saturated rings. The SMILES string of the molecule is CCCNC1C(Sc2ncccn2)CCC1(C)C. The summed E-state index contributed by atoms with van der Waals surface area (Å²) in [6.07, 6.45) is 7.36. The Kier molecular flexibility index (Phi) is 4.62. The van der Waals surface area contributed by atoms with Gasteiger partial charge in [0, 0.05) is 23.7 Å². The molecule has 0 aliphatic heterocycles. The predicted octanol–water partition coefficient (Wildman–Crippen LogP) is 3.13. The van der Waals surface area contributed by atoms with E-state index in [1.54, 1.807) is 0 Å². The molecular formula is C14H23N3S. The van der Waals surface area contributed by atoms with Gasteiger partial charge in [0.25, 0.3) is 0 Å². The molecule has 100 valence electrons. The molecule has 3 nitrogen and oxygen atoms in total. The van der Waals surface area contributed by atoms with Crippen LogP contribution < -0.4 is 5.32 Å². The van der Waals surface area contributed by atoms with Crippen LogP contribution in [0.2, 0.25) is 0 Å². The summed E-state index contributed by atoms with van der Waals surface area (Å²) in [6.45, 7) is 8.05. The Labute approximate surface area is 114 Å². The van der Waals surface area contributed by atoms with Crippen LogP contribution in [0.25, 0.3) is 0 Å². The van der Waals surface area contributed by atoms with Gasteiger partial charge in [0.05, 0.1) is 0 Å². The Bertz CT molecular complexity index is 367. The maximum absolute atomic E-state index is 4.33. The molecule has 2 atom stereocenters. The first-order valence-corrected chi connectivity index (χ1v) is 7.68. The maximum Gasteiger partial charge on any atom is 0.187 e. The van der Waals surface area contributed by atoms with Gasteiger partial charge >= 0.3 is 0 Å². The Morgan fingerprint density at radius 1 is 1.39 bits per heavy atom. The van der Waals surface area contributed by atoms with Crippen molar-refractivity contribution in [2.75, 3.05) is 6.54 Å². The van der Waals surface area contributed by atoms with Gasteiger partial charge in [0.1, 0.15) is 0 Å². The van der Waals surface area contributed by atoms with E-state index in [4.69, 9.17) is 0 Å². The number of nitrogens with one attached hydrogen (secondary N) is 1. The minimum atomic E-state index is 0.377. The van der Waals surface area contributed by atoms with Gasteiger partial charge < -0.3 is 5.32 Å². The summed E-state index contributed by atoms with van der Waals surface area (Å²) < 4.78 is 0. The average Bonchev–Trinajstić information content (AvgIpc) is 2.64. The van der Waals surface area contributed by atoms with Crippen molar-refractivity contribution in [3.8, 4) is 0 Å². The van der Waals surface area contributed by atoms with Crippen LogP contribution in [0, 0.1) is 5.41 Å². The lowest BCUT2D eigenvalue weighted by Gasteiger charge is -2.31. The van der Waals surface area contributed by atoms with Gasteiger partial charge in [0.2, 0.25) is 0 Å². The number of aromatic nitrogens is 2. The number of thioether (sulfide) groups is 1. The quantitative estimate of drug-likeness (QED) is 0.830. The zero-order valence-corrected chi connectivity index (χ0v) is 12.3. The summed E-state index contributed by atoms with van der Waals surface area (Å²) >= 11 is 1.83. The largest absolute Gasteiger partial charge is 0.312 e. The summed E-state index contributed by atoms with van der Waals surface area (Å²) in [7, 11) is 0. The second kappa shape index (κ2) is 6.02. The minimum absolute atomic E-state index is 0.377. The lowest BCUT2D eigenvalue weighted by atomic mass is 9.87. The van der Waals surface area contributed by atoms with Crippen molar-refractivity contribution in [1.29, 1.82) is 0 Å². The van der Waals surface area contributed by atoms with Crippen molar-refractivity contribution in [2.45, 2.75) is 56.5 Å². The predicted molar refractivity (Wildman–Crippen MR) is 76.8 cm³/mol. The van der Waals surface area contributed by atoms with Gasteiger partial charge in [-0.25, -0.2) is 9.97 Å². The monoisotopic (exact) mass is 265 g/mol. The van der Waals surface area contributed by atoms with Crippen molar-refractivity contribution in [3.63, 3.8) is 0 Å². The standard InChI is InChI=1S/C14H23N3S/c1-4-8-15-12-11(6-7-14(12,2)3)18-13-16-9-5-10-17-13/h5,9-12,15H,4,6-8H2,1-3H3.